The largest absolute Gasteiger partial charge is 0.763 e. The average molecular weight is 306 g/mol. The zero-order chi connectivity index (χ0) is 17.7. The molecule has 0 aromatic carbocycles. The highest BCUT2D eigenvalue weighted by atomic mass is 14.4. The molecule has 0 fully saturated rings. The van der Waals surface area contributed by atoms with Gasteiger partial charge in [-0.25, -0.2) is 0 Å². The molecular weight excluding hydrogens is 300 g/mol. The van der Waals surface area contributed by atoms with Gasteiger partial charge in [0, 0.05) is 34.1 Å². The van der Waals surface area contributed by atoms with Crippen LogP contribution in [-0.4, -0.2) is 11.7 Å². The number of nitriles is 4. The Labute approximate surface area is 138 Å². The Hall–Kier alpha value is -4.18. The molecule has 0 aromatic heterocycles. The molecule has 0 saturated carbocycles. The molecule has 0 bridgehead atoms. The minimum Gasteiger partial charge on any atom is -0.763 e. The van der Waals surface area contributed by atoms with Crippen LogP contribution < -0.4 is 0 Å². The van der Waals surface area contributed by atoms with Crippen molar-refractivity contribution < 1.29 is 0 Å². The Balaban J connectivity index is 2.73. The standard InChI is InChI=1S/C18H6N6/c19-5-11-1-13(7-21)17(14(2-11)8-22)18-15(9-23)3-12(6-20)4-16(18)10-24/h1-4,17-18H/q-2. The van der Waals surface area contributed by atoms with Gasteiger partial charge in [0.1, 0.15) is 0 Å². The second-order valence-corrected chi connectivity index (χ2v) is 4.94. The Morgan fingerprint density at radius 2 is 0.833 bits per heavy atom. The summed E-state index contributed by atoms with van der Waals surface area (Å²) in [5.41, 5.74) is 0.807. The Morgan fingerprint density at radius 3 is 1.00 bits per heavy atom. The molecule has 6 nitrogen and oxygen atoms in total. The van der Waals surface area contributed by atoms with Crippen molar-refractivity contribution in [3.05, 3.63) is 68.6 Å². The molecule has 2 aliphatic rings. The fraction of sp³-hybridized carbons (Fsp3) is 0.111. The van der Waals surface area contributed by atoms with Crippen LogP contribution in [0.25, 0.3) is 10.8 Å². The molecule has 110 valence electrons. The van der Waals surface area contributed by atoms with E-state index in [4.69, 9.17) is 10.8 Å². The fourth-order valence-electron chi connectivity index (χ4n) is 2.70. The Kier molecular flexibility index (Phi) is 4.54. The molecule has 0 N–H and O–H groups in total. The lowest BCUT2D eigenvalue weighted by atomic mass is 9.69. The summed E-state index contributed by atoms with van der Waals surface area (Å²) in [4.78, 5) is 0. The van der Waals surface area contributed by atoms with Gasteiger partial charge in [-0.05, 0) is 35.5 Å². The summed E-state index contributed by atoms with van der Waals surface area (Å²) >= 11 is 0. The lowest BCUT2D eigenvalue weighted by Gasteiger charge is -2.30. The highest BCUT2D eigenvalue weighted by Gasteiger charge is 2.37. The molecule has 0 atom stereocenters. The summed E-state index contributed by atoms with van der Waals surface area (Å²) < 4.78 is 0. The van der Waals surface area contributed by atoms with Crippen molar-refractivity contribution in [3.63, 3.8) is 0 Å². The minimum absolute atomic E-state index is 0.123. The topological polar surface area (TPSA) is 140 Å². The molecule has 0 saturated heterocycles. The second kappa shape index (κ2) is 6.72. The number of rotatable bonds is 1. The smallest absolute Gasteiger partial charge is 0.0954 e. The van der Waals surface area contributed by atoms with E-state index in [9.17, 15) is 21.0 Å². The first-order chi connectivity index (χ1) is 11.6. The van der Waals surface area contributed by atoms with Gasteiger partial charge in [-0.1, -0.05) is 0 Å². The fourth-order valence-corrected chi connectivity index (χ4v) is 2.70. The molecule has 0 aliphatic heterocycles. The predicted octanol–water partition coefficient (Wildman–Crippen LogP) is 2.38. The molecule has 0 amide bonds. The van der Waals surface area contributed by atoms with Crippen molar-refractivity contribution in [2.45, 2.75) is 0 Å². The van der Waals surface area contributed by atoms with E-state index in [-0.39, 0.29) is 33.4 Å². The minimum atomic E-state index is -0.839. The zero-order valence-corrected chi connectivity index (χ0v) is 12.1. The van der Waals surface area contributed by atoms with Gasteiger partial charge in [0.2, 0.25) is 0 Å². The van der Waals surface area contributed by atoms with Crippen molar-refractivity contribution in [1.82, 2.24) is 0 Å². The predicted molar refractivity (Wildman–Crippen MR) is 85.5 cm³/mol. The Bertz CT molecular complexity index is 855. The van der Waals surface area contributed by atoms with Crippen LogP contribution in [0.5, 0.6) is 0 Å². The van der Waals surface area contributed by atoms with Crippen LogP contribution in [0.15, 0.2) is 57.7 Å². The lowest BCUT2D eigenvalue weighted by molar-refractivity contribution is 0.589. The molecule has 0 aromatic rings. The van der Waals surface area contributed by atoms with E-state index in [2.05, 4.69) is 0 Å². The molecule has 0 spiro atoms. The van der Waals surface area contributed by atoms with Crippen LogP contribution in [0.4, 0.5) is 0 Å². The third-order valence-corrected chi connectivity index (χ3v) is 3.69. The van der Waals surface area contributed by atoms with Crippen LogP contribution in [-0.2, 0) is 0 Å². The van der Waals surface area contributed by atoms with Crippen molar-refractivity contribution >= 4 is 11.7 Å². The third kappa shape index (κ3) is 2.63. The molecule has 24 heavy (non-hydrogen) atoms. The van der Waals surface area contributed by atoms with Gasteiger partial charge < -0.3 is 10.8 Å². The van der Waals surface area contributed by atoms with Crippen molar-refractivity contribution in [2.24, 2.45) is 11.8 Å². The quantitative estimate of drug-likeness (QED) is 0.685. The van der Waals surface area contributed by atoms with Gasteiger partial charge >= 0.3 is 0 Å². The van der Waals surface area contributed by atoms with E-state index in [0.717, 1.165) is 0 Å². The molecule has 6 heteroatoms. The second-order valence-electron chi connectivity index (χ2n) is 4.94. The van der Waals surface area contributed by atoms with Gasteiger partial charge in [0.25, 0.3) is 0 Å². The summed E-state index contributed by atoms with van der Waals surface area (Å²) in [5.74, 6) is 2.08. The third-order valence-electron chi connectivity index (χ3n) is 3.69. The first kappa shape index (κ1) is 16.2. The summed E-state index contributed by atoms with van der Waals surface area (Å²) in [7, 11) is 0. The van der Waals surface area contributed by atoms with E-state index in [1.54, 1.807) is 0 Å². The van der Waals surface area contributed by atoms with E-state index >= 15 is 0 Å². The molecular formula is C18H6N6-2. The van der Waals surface area contributed by atoms with Crippen LogP contribution in [0.3, 0.4) is 0 Å². The number of allylic oxidation sites excluding steroid dienone is 10. The summed E-state index contributed by atoms with van der Waals surface area (Å²) in [6, 6.07) is 7.79. The maximum Gasteiger partial charge on any atom is 0.0954 e. The number of hydrogen-bond donors (Lipinski definition) is 0. The highest BCUT2D eigenvalue weighted by molar-refractivity contribution is 5.75. The maximum absolute atomic E-state index is 9.39. The molecule has 2 rings (SSSR count). The van der Waals surface area contributed by atoms with Gasteiger partial charge in [-0.15, -0.1) is 0 Å². The number of nitrogens with zero attached hydrogens (tertiary/aromatic N) is 6. The van der Waals surface area contributed by atoms with Crippen LogP contribution in [0.2, 0.25) is 0 Å². The monoisotopic (exact) mass is 306 g/mol. The maximum atomic E-state index is 9.39. The first-order valence-electron chi connectivity index (χ1n) is 6.64. The first-order valence-corrected chi connectivity index (χ1v) is 6.64. The van der Waals surface area contributed by atoms with Gasteiger partial charge in [-0.2, -0.15) is 21.0 Å². The number of hydrogen-bond acceptors (Lipinski definition) is 4. The van der Waals surface area contributed by atoms with Crippen molar-refractivity contribution in [3.8, 4) is 24.3 Å². The van der Waals surface area contributed by atoms with Crippen molar-refractivity contribution in [1.29, 1.82) is 21.0 Å². The van der Waals surface area contributed by atoms with E-state index < -0.39 is 11.8 Å². The van der Waals surface area contributed by atoms with Crippen LogP contribution in [0, 0.1) is 57.2 Å². The lowest BCUT2D eigenvalue weighted by Crippen LogP contribution is -2.25. The molecule has 0 unspecified atom stereocenters. The van der Waals surface area contributed by atoms with E-state index in [1.807, 2.05) is 36.0 Å². The van der Waals surface area contributed by atoms with Crippen LogP contribution in [0.1, 0.15) is 0 Å². The van der Waals surface area contributed by atoms with Gasteiger partial charge in [-0.3, -0.25) is 11.7 Å². The van der Waals surface area contributed by atoms with E-state index in [1.165, 1.54) is 24.3 Å². The summed E-state index contributed by atoms with van der Waals surface area (Å²) in [6.45, 7) is 0. The van der Waals surface area contributed by atoms with Crippen LogP contribution >= 0.6 is 0 Å². The normalized spacial score (nSPS) is 22.0. The zero-order valence-electron chi connectivity index (χ0n) is 12.1. The molecule has 0 heterocycles. The molecule has 0 radical (unpaired) electrons. The molecule has 2 aliphatic carbocycles. The van der Waals surface area contributed by atoms with Crippen molar-refractivity contribution in [2.75, 3.05) is 0 Å². The van der Waals surface area contributed by atoms with Gasteiger partial charge in [0.15, 0.2) is 0 Å². The van der Waals surface area contributed by atoms with Gasteiger partial charge in [0.05, 0.1) is 24.3 Å². The SMILES string of the molecule is N#CC1=CC(=C=[N-])C=C(C#N)C1C1C(C#N)=CC(=C=[N-])C=C1C#N. The highest BCUT2D eigenvalue weighted by Crippen LogP contribution is 2.42. The van der Waals surface area contributed by atoms with E-state index in [0.29, 0.717) is 0 Å². The Morgan fingerprint density at radius 1 is 0.583 bits per heavy atom. The summed E-state index contributed by atoms with van der Waals surface area (Å²) in [6.07, 6.45) is 5.38. The summed E-state index contributed by atoms with van der Waals surface area (Å²) in [5, 5.41) is 55.6. The average Bonchev–Trinajstić information content (AvgIpc) is 2.65.